The maximum absolute atomic E-state index is 10.8. The van der Waals surface area contributed by atoms with Crippen molar-refractivity contribution in [1.29, 1.82) is 0 Å². The number of fused-ring (bicyclic) bond motifs is 1. The molecule has 0 radical (unpaired) electrons. The summed E-state index contributed by atoms with van der Waals surface area (Å²) in [4.78, 5) is 19.1. The van der Waals surface area contributed by atoms with Crippen LogP contribution in [0.4, 0.5) is 0 Å². The molecule has 5 heteroatoms. The van der Waals surface area contributed by atoms with Crippen molar-refractivity contribution in [3.63, 3.8) is 0 Å². The van der Waals surface area contributed by atoms with E-state index < -0.39 is 5.97 Å². The van der Waals surface area contributed by atoms with Crippen molar-refractivity contribution in [2.45, 2.75) is 31.6 Å². The van der Waals surface area contributed by atoms with Gasteiger partial charge in [-0.15, -0.1) is 0 Å². The largest absolute Gasteiger partial charge is 0.478 e. The van der Waals surface area contributed by atoms with Gasteiger partial charge in [0.05, 0.1) is 5.56 Å². The van der Waals surface area contributed by atoms with E-state index in [-0.39, 0.29) is 5.56 Å². The summed E-state index contributed by atoms with van der Waals surface area (Å²) >= 11 is 0. The molecule has 1 aliphatic rings. The standard InChI is InChI=1S/C12H12N2O3/c15-12(16)8-5-9-11(13-6-8)17-10(14-9)7-3-1-2-4-7/h5-7H,1-4H2,(H,15,16). The van der Waals surface area contributed by atoms with E-state index in [9.17, 15) is 4.79 Å². The quantitative estimate of drug-likeness (QED) is 0.861. The Morgan fingerprint density at radius 1 is 1.41 bits per heavy atom. The van der Waals surface area contributed by atoms with Gasteiger partial charge in [-0.05, 0) is 18.9 Å². The van der Waals surface area contributed by atoms with Gasteiger partial charge in [0.2, 0.25) is 11.6 Å². The third kappa shape index (κ3) is 1.77. The van der Waals surface area contributed by atoms with E-state index in [1.165, 1.54) is 25.1 Å². The normalized spacial score (nSPS) is 16.7. The molecule has 1 fully saturated rings. The number of hydrogen-bond donors (Lipinski definition) is 1. The van der Waals surface area contributed by atoms with Gasteiger partial charge in [-0.3, -0.25) is 0 Å². The molecule has 0 atom stereocenters. The summed E-state index contributed by atoms with van der Waals surface area (Å²) in [6, 6.07) is 1.51. The van der Waals surface area contributed by atoms with Gasteiger partial charge < -0.3 is 9.52 Å². The first-order chi connectivity index (χ1) is 8.24. The molecule has 0 unspecified atom stereocenters. The number of nitrogens with zero attached hydrogens (tertiary/aromatic N) is 2. The molecule has 0 amide bonds. The van der Waals surface area contributed by atoms with E-state index in [0.29, 0.717) is 23.0 Å². The van der Waals surface area contributed by atoms with Crippen LogP contribution in [-0.4, -0.2) is 21.0 Å². The van der Waals surface area contributed by atoms with Crippen LogP contribution in [-0.2, 0) is 0 Å². The lowest BCUT2D eigenvalue weighted by Gasteiger charge is -2.00. The van der Waals surface area contributed by atoms with Gasteiger partial charge in [0.25, 0.3) is 0 Å². The van der Waals surface area contributed by atoms with Gasteiger partial charge in [-0.2, -0.15) is 0 Å². The lowest BCUT2D eigenvalue weighted by Crippen LogP contribution is -1.96. The molecule has 1 saturated carbocycles. The van der Waals surface area contributed by atoms with Crippen molar-refractivity contribution >= 4 is 17.2 Å². The zero-order chi connectivity index (χ0) is 11.8. The van der Waals surface area contributed by atoms with Crippen LogP contribution in [0.15, 0.2) is 16.7 Å². The molecule has 0 aliphatic heterocycles. The summed E-state index contributed by atoms with van der Waals surface area (Å²) in [6.45, 7) is 0. The first kappa shape index (κ1) is 10.3. The summed E-state index contributed by atoms with van der Waals surface area (Å²) in [6.07, 6.45) is 5.90. The highest BCUT2D eigenvalue weighted by Gasteiger charge is 2.22. The summed E-state index contributed by atoms with van der Waals surface area (Å²) in [5.41, 5.74) is 1.10. The Kier molecular flexibility index (Phi) is 2.31. The van der Waals surface area contributed by atoms with E-state index in [1.807, 2.05) is 0 Å². The second-order valence-electron chi connectivity index (χ2n) is 4.39. The molecule has 2 aromatic rings. The molecular weight excluding hydrogens is 220 g/mol. The third-order valence-corrected chi connectivity index (χ3v) is 3.22. The fraction of sp³-hybridized carbons (Fsp3) is 0.417. The minimum absolute atomic E-state index is 0.142. The van der Waals surface area contributed by atoms with E-state index >= 15 is 0 Å². The lowest BCUT2D eigenvalue weighted by molar-refractivity contribution is 0.0696. The highest BCUT2D eigenvalue weighted by molar-refractivity contribution is 5.90. The molecule has 0 spiro atoms. The molecule has 88 valence electrons. The van der Waals surface area contributed by atoms with Crippen molar-refractivity contribution in [2.24, 2.45) is 0 Å². The molecule has 2 heterocycles. The Balaban J connectivity index is 2.03. The Labute approximate surface area is 97.5 Å². The number of carboxylic acids is 1. The summed E-state index contributed by atoms with van der Waals surface area (Å²) in [5.74, 6) is 0.0785. The van der Waals surface area contributed by atoms with Gasteiger partial charge >= 0.3 is 5.97 Å². The average Bonchev–Trinajstić information content (AvgIpc) is 2.96. The average molecular weight is 232 g/mol. The maximum atomic E-state index is 10.8. The number of oxazole rings is 1. The van der Waals surface area contributed by atoms with Gasteiger partial charge in [-0.1, -0.05) is 12.8 Å². The van der Waals surface area contributed by atoms with Crippen LogP contribution in [0.5, 0.6) is 0 Å². The van der Waals surface area contributed by atoms with Crippen LogP contribution in [0.25, 0.3) is 11.2 Å². The molecule has 5 nitrogen and oxygen atoms in total. The van der Waals surface area contributed by atoms with Crippen LogP contribution in [0.1, 0.15) is 47.8 Å². The predicted molar refractivity (Wildman–Crippen MR) is 60.0 cm³/mol. The van der Waals surface area contributed by atoms with Crippen molar-refractivity contribution in [3.05, 3.63) is 23.7 Å². The molecule has 2 aromatic heterocycles. The van der Waals surface area contributed by atoms with Crippen LogP contribution in [0, 0.1) is 0 Å². The van der Waals surface area contributed by atoms with Crippen LogP contribution in [0.2, 0.25) is 0 Å². The Morgan fingerprint density at radius 3 is 2.88 bits per heavy atom. The van der Waals surface area contributed by atoms with E-state index in [0.717, 1.165) is 12.8 Å². The molecule has 0 bridgehead atoms. The number of carbonyl (C=O) groups is 1. The highest BCUT2D eigenvalue weighted by atomic mass is 16.4. The highest BCUT2D eigenvalue weighted by Crippen LogP contribution is 2.34. The van der Waals surface area contributed by atoms with Gasteiger partial charge in [0, 0.05) is 12.1 Å². The summed E-state index contributed by atoms with van der Waals surface area (Å²) in [7, 11) is 0. The van der Waals surface area contributed by atoms with Crippen molar-refractivity contribution in [2.75, 3.05) is 0 Å². The van der Waals surface area contributed by atoms with Crippen LogP contribution in [0.3, 0.4) is 0 Å². The second-order valence-corrected chi connectivity index (χ2v) is 4.39. The number of carboxylic acid groups (broad SMARTS) is 1. The first-order valence-corrected chi connectivity index (χ1v) is 5.74. The monoisotopic (exact) mass is 232 g/mol. The molecule has 0 aromatic carbocycles. The lowest BCUT2D eigenvalue weighted by atomic mass is 10.1. The van der Waals surface area contributed by atoms with E-state index in [2.05, 4.69) is 9.97 Å². The Hall–Kier alpha value is -1.91. The zero-order valence-corrected chi connectivity index (χ0v) is 9.22. The molecule has 1 aliphatic carbocycles. The SMILES string of the molecule is O=C(O)c1cnc2oc(C3CCCC3)nc2c1. The maximum Gasteiger partial charge on any atom is 0.337 e. The Bertz CT molecular complexity index is 570. The molecule has 3 rings (SSSR count). The van der Waals surface area contributed by atoms with E-state index in [1.54, 1.807) is 0 Å². The van der Waals surface area contributed by atoms with Crippen molar-refractivity contribution in [1.82, 2.24) is 9.97 Å². The molecular formula is C12H12N2O3. The first-order valence-electron chi connectivity index (χ1n) is 5.74. The minimum atomic E-state index is -0.996. The van der Waals surface area contributed by atoms with Crippen LogP contribution < -0.4 is 0 Å². The number of aromatic nitrogens is 2. The third-order valence-electron chi connectivity index (χ3n) is 3.22. The fourth-order valence-corrected chi connectivity index (χ4v) is 2.30. The summed E-state index contributed by atoms with van der Waals surface area (Å²) < 4.78 is 5.57. The second kappa shape index (κ2) is 3.84. The van der Waals surface area contributed by atoms with Gasteiger partial charge in [-0.25, -0.2) is 14.8 Å². The molecule has 0 saturated heterocycles. The smallest absolute Gasteiger partial charge is 0.337 e. The van der Waals surface area contributed by atoms with Crippen molar-refractivity contribution < 1.29 is 14.3 Å². The molecule has 1 N–H and O–H groups in total. The van der Waals surface area contributed by atoms with Gasteiger partial charge in [0.1, 0.15) is 5.52 Å². The van der Waals surface area contributed by atoms with Gasteiger partial charge in [0.15, 0.2) is 0 Å². The number of rotatable bonds is 2. The Morgan fingerprint density at radius 2 is 2.18 bits per heavy atom. The zero-order valence-electron chi connectivity index (χ0n) is 9.22. The predicted octanol–water partition coefficient (Wildman–Crippen LogP) is 2.58. The number of aromatic carboxylic acids is 1. The minimum Gasteiger partial charge on any atom is -0.478 e. The van der Waals surface area contributed by atoms with Crippen LogP contribution >= 0.6 is 0 Å². The van der Waals surface area contributed by atoms with Crippen molar-refractivity contribution in [3.8, 4) is 0 Å². The van der Waals surface area contributed by atoms with E-state index in [4.69, 9.17) is 9.52 Å². The topological polar surface area (TPSA) is 76.2 Å². The number of hydrogen-bond acceptors (Lipinski definition) is 4. The molecule has 17 heavy (non-hydrogen) atoms. The summed E-state index contributed by atoms with van der Waals surface area (Å²) in [5, 5.41) is 8.86. The number of pyridine rings is 1. The fourth-order valence-electron chi connectivity index (χ4n) is 2.30.